The molecule has 0 saturated heterocycles. The minimum absolute atomic E-state index is 0.163. The van der Waals surface area contributed by atoms with Crippen LogP contribution in [-0.2, 0) is 27.2 Å². The molecule has 1 aromatic carbocycles. The molecule has 3 N–H and O–H groups in total. The molecule has 0 amide bonds. The van der Waals surface area contributed by atoms with Crippen molar-refractivity contribution in [3.8, 4) is 0 Å². The SMILES string of the molecule is COCCN(C)c1nc(N)c2[nH]c(=O)n(Cc3cccc(CC(=O)OC)c3)c2n1. The van der Waals surface area contributed by atoms with Gasteiger partial charge in [-0.15, -0.1) is 0 Å². The van der Waals surface area contributed by atoms with Crippen molar-refractivity contribution in [2.24, 2.45) is 0 Å². The Morgan fingerprint density at radius 2 is 2.03 bits per heavy atom. The Morgan fingerprint density at radius 1 is 1.28 bits per heavy atom. The first-order valence-electron chi connectivity index (χ1n) is 9.03. The minimum Gasteiger partial charge on any atom is -0.469 e. The molecule has 10 nitrogen and oxygen atoms in total. The zero-order valence-corrected chi connectivity index (χ0v) is 16.6. The number of hydrogen-bond acceptors (Lipinski definition) is 8. The number of H-pyrrole nitrogens is 1. The van der Waals surface area contributed by atoms with Gasteiger partial charge in [-0.3, -0.25) is 9.36 Å². The number of nitrogens with two attached hydrogens (primary N) is 1. The third kappa shape index (κ3) is 4.54. The highest BCUT2D eigenvalue weighted by Gasteiger charge is 2.16. The number of carbonyl (C=O) groups excluding carboxylic acids is 1. The Labute approximate surface area is 167 Å². The number of fused-ring (bicyclic) bond motifs is 1. The van der Waals surface area contributed by atoms with E-state index in [-0.39, 0.29) is 30.4 Å². The molecule has 0 aliphatic heterocycles. The van der Waals surface area contributed by atoms with Gasteiger partial charge in [0.1, 0.15) is 5.52 Å². The van der Waals surface area contributed by atoms with Gasteiger partial charge in [0, 0.05) is 20.7 Å². The van der Waals surface area contributed by atoms with Crippen LogP contribution in [0.3, 0.4) is 0 Å². The normalized spacial score (nSPS) is 11.0. The number of benzene rings is 1. The highest BCUT2D eigenvalue weighted by atomic mass is 16.5. The molecule has 2 aromatic heterocycles. The number of nitrogens with zero attached hydrogens (tertiary/aromatic N) is 4. The number of rotatable bonds is 8. The fourth-order valence-electron chi connectivity index (χ4n) is 2.94. The minimum atomic E-state index is -0.337. The third-order valence-electron chi connectivity index (χ3n) is 4.52. The van der Waals surface area contributed by atoms with Gasteiger partial charge in [0.25, 0.3) is 0 Å². The summed E-state index contributed by atoms with van der Waals surface area (Å²) >= 11 is 0. The summed E-state index contributed by atoms with van der Waals surface area (Å²) in [5.41, 5.74) is 8.17. The van der Waals surface area contributed by atoms with Gasteiger partial charge < -0.3 is 25.1 Å². The fourth-order valence-corrected chi connectivity index (χ4v) is 2.94. The first-order valence-corrected chi connectivity index (χ1v) is 9.03. The van der Waals surface area contributed by atoms with Crippen LogP contribution in [0.4, 0.5) is 11.8 Å². The lowest BCUT2D eigenvalue weighted by Gasteiger charge is -2.17. The zero-order valence-electron chi connectivity index (χ0n) is 16.6. The number of methoxy groups -OCH3 is 2. The van der Waals surface area contributed by atoms with E-state index >= 15 is 0 Å². The molecule has 0 radical (unpaired) electrons. The number of esters is 1. The van der Waals surface area contributed by atoms with Crippen molar-refractivity contribution in [1.29, 1.82) is 0 Å². The van der Waals surface area contributed by atoms with Crippen molar-refractivity contribution in [1.82, 2.24) is 19.5 Å². The largest absolute Gasteiger partial charge is 0.469 e. The Morgan fingerprint density at radius 3 is 2.76 bits per heavy atom. The second-order valence-corrected chi connectivity index (χ2v) is 6.61. The van der Waals surface area contributed by atoms with E-state index in [1.165, 1.54) is 11.7 Å². The second kappa shape index (κ2) is 8.74. The van der Waals surface area contributed by atoms with Gasteiger partial charge in [-0.1, -0.05) is 24.3 Å². The smallest absolute Gasteiger partial charge is 0.328 e. The summed E-state index contributed by atoms with van der Waals surface area (Å²) in [6.45, 7) is 1.35. The molecule has 0 aliphatic rings. The Balaban J connectivity index is 1.96. The summed E-state index contributed by atoms with van der Waals surface area (Å²) in [7, 11) is 4.79. The molecule has 0 saturated carbocycles. The van der Waals surface area contributed by atoms with E-state index in [4.69, 9.17) is 15.2 Å². The standard InChI is InChI=1S/C19H24N6O4/c1-24(7-8-28-2)18-22-16(20)15-17(23-18)25(19(27)21-15)11-13-6-4-5-12(9-13)10-14(26)29-3/h4-6,9H,7-8,10-11H2,1-3H3,(H,21,27)(H2,20,22,23). The van der Waals surface area contributed by atoms with E-state index in [9.17, 15) is 9.59 Å². The van der Waals surface area contributed by atoms with Gasteiger partial charge in [-0.2, -0.15) is 9.97 Å². The average molecular weight is 400 g/mol. The summed E-state index contributed by atoms with van der Waals surface area (Å²) < 4.78 is 11.3. The number of anilines is 2. The topological polar surface area (TPSA) is 128 Å². The molecule has 0 atom stereocenters. The summed E-state index contributed by atoms with van der Waals surface area (Å²) in [6, 6.07) is 7.41. The molecule has 0 unspecified atom stereocenters. The predicted molar refractivity (Wildman–Crippen MR) is 109 cm³/mol. The number of hydrogen-bond donors (Lipinski definition) is 2. The van der Waals surface area contributed by atoms with E-state index < -0.39 is 0 Å². The molecule has 0 spiro atoms. The van der Waals surface area contributed by atoms with E-state index in [2.05, 4.69) is 15.0 Å². The summed E-state index contributed by atoms with van der Waals surface area (Å²) in [4.78, 5) is 37.4. The van der Waals surface area contributed by atoms with Crippen LogP contribution in [0.2, 0.25) is 0 Å². The Kier molecular flexibility index (Phi) is 6.13. The average Bonchev–Trinajstić information content (AvgIpc) is 3.02. The molecule has 2 heterocycles. The number of nitrogens with one attached hydrogen (secondary N) is 1. The van der Waals surface area contributed by atoms with Crippen LogP contribution in [-0.4, -0.2) is 59.9 Å². The van der Waals surface area contributed by atoms with Crippen LogP contribution >= 0.6 is 0 Å². The highest BCUT2D eigenvalue weighted by Crippen LogP contribution is 2.19. The maximum atomic E-state index is 12.5. The predicted octanol–water partition coefficient (Wildman–Crippen LogP) is 0.548. The van der Waals surface area contributed by atoms with Gasteiger partial charge in [-0.25, -0.2) is 4.79 Å². The number of ether oxygens (including phenoxy) is 2. The van der Waals surface area contributed by atoms with E-state index in [1.54, 1.807) is 12.0 Å². The quantitative estimate of drug-likeness (QED) is 0.525. The van der Waals surface area contributed by atoms with Gasteiger partial charge >= 0.3 is 11.7 Å². The van der Waals surface area contributed by atoms with E-state index in [0.717, 1.165) is 11.1 Å². The Hall–Kier alpha value is -3.40. The van der Waals surface area contributed by atoms with Gasteiger partial charge in [0.05, 0.1) is 26.7 Å². The first-order chi connectivity index (χ1) is 13.9. The van der Waals surface area contributed by atoms with Crippen molar-refractivity contribution < 1.29 is 14.3 Å². The lowest BCUT2D eigenvalue weighted by molar-refractivity contribution is -0.139. The lowest BCUT2D eigenvalue weighted by atomic mass is 10.1. The van der Waals surface area contributed by atoms with Gasteiger partial charge in [0.15, 0.2) is 11.5 Å². The first kappa shape index (κ1) is 20.3. The molecule has 3 aromatic rings. The molecular formula is C19H24N6O4. The summed E-state index contributed by atoms with van der Waals surface area (Å²) in [5, 5.41) is 0. The van der Waals surface area contributed by atoms with Crippen LogP contribution in [0.15, 0.2) is 29.1 Å². The van der Waals surface area contributed by atoms with Crippen molar-refractivity contribution in [2.45, 2.75) is 13.0 Å². The molecule has 154 valence electrons. The molecular weight excluding hydrogens is 376 g/mol. The van der Waals surface area contributed by atoms with Gasteiger partial charge in [-0.05, 0) is 11.1 Å². The van der Waals surface area contributed by atoms with Crippen LogP contribution in [0.5, 0.6) is 0 Å². The third-order valence-corrected chi connectivity index (χ3v) is 4.52. The van der Waals surface area contributed by atoms with Crippen LogP contribution < -0.4 is 16.3 Å². The number of aromatic nitrogens is 4. The Bertz CT molecular complexity index is 1070. The van der Waals surface area contributed by atoms with Crippen molar-refractivity contribution in [3.05, 3.63) is 45.9 Å². The summed E-state index contributed by atoms with van der Waals surface area (Å²) in [6.07, 6.45) is 0.163. The van der Waals surface area contributed by atoms with Crippen molar-refractivity contribution >= 4 is 28.9 Å². The van der Waals surface area contributed by atoms with Gasteiger partial charge in [0.2, 0.25) is 5.95 Å². The number of likely N-dealkylation sites (N-methyl/N-ethyl adjacent to an activating group) is 1. The van der Waals surface area contributed by atoms with E-state index in [0.29, 0.717) is 30.3 Å². The number of aromatic amines is 1. The maximum Gasteiger partial charge on any atom is 0.328 e. The number of nitrogen functional groups attached to an aromatic ring is 1. The van der Waals surface area contributed by atoms with E-state index in [1.807, 2.05) is 31.3 Å². The van der Waals surface area contributed by atoms with Crippen molar-refractivity contribution in [2.75, 3.05) is 45.1 Å². The molecule has 3 rings (SSSR count). The molecule has 29 heavy (non-hydrogen) atoms. The number of imidazole rings is 1. The molecule has 0 aliphatic carbocycles. The number of carbonyl (C=O) groups is 1. The second-order valence-electron chi connectivity index (χ2n) is 6.61. The highest BCUT2D eigenvalue weighted by molar-refractivity contribution is 5.83. The van der Waals surface area contributed by atoms with Crippen LogP contribution in [0.1, 0.15) is 11.1 Å². The summed E-state index contributed by atoms with van der Waals surface area (Å²) in [5.74, 6) is 0.277. The van der Waals surface area contributed by atoms with Crippen molar-refractivity contribution in [3.63, 3.8) is 0 Å². The molecule has 0 bridgehead atoms. The lowest BCUT2D eigenvalue weighted by Crippen LogP contribution is -2.25. The van der Waals surface area contributed by atoms with Crippen LogP contribution in [0.25, 0.3) is 11.2 Å². The zero-order chi connectivity index (χ0) is 21.0. The monoisotopic (exact) mass is 400 g/mol. The molecule has 0 fully saturated rings. The van der Waals surface area contributed by atoms with Crippen LogP contribution in [0, 0.1) is 0 Å². The molecule has 10 heteroatoms. The maximum absolute atomic E-state index is 12.5. The fraction of sp³-hybridized carbons (Fsp3) is 0.368.